The number of para-hydroxylation sites is 1. The minimum atomic E-state index is -0.673. The van der Waals surface area contributed by atoms with Gasteiger partial charge in [-0.2, -0.15) is 0 Å². The fourth-order valence-corrected chi connectivity index (χ4v) is 1.80. The summed E-state index contributed by atoms with van der Waals surface area (Å²) in [6, 6.07) is 7.70. The van der Waals surface area contributed by atoms with Crippen LogP contribution in [0.15, 0.2) is 43.0 Å². The van der Waals surface area contributed by atoms with Crippen molar-refractivity contribution in [2.45, 2.75) is 12.5 Å². The van der Waals surface area contributed by atoms with E-state index in [0.29, 0.717) is 0 Å². The van der Waals surface area contributed by atoms with Gasteiger partial charge in [-0.1, -0.05) is 18.2 Å². The Morgan fingerprint density at radius 1 is 1.18 bits per heavy atom. The van der Waals surface area contributed by atoms with Gasteiger partial charge in [0.05, 0.1) is 12.6 Å². The van der Waals surface area contributed by atoms with Crippen molar-refractivity contribution >= 4 is 0 Å². The number of ether oxygens (including phenoxy) is 1. The van der Waals surface area contributed by atoms with Crippen LogP contribution in [0.2, 0.25) is 0 Å². The van der Waals surface area contributed by atoms with E-state index in [1.165, 1.54) is 6.33 Å². The summed E-state index contributed by atoms with van der Waals surface area (Å²) >= 11 is 0. The number of nitrogens with zero attached hydrogens (tertiary/aromatic N) is 2. The van der Waals surface area contributed by atoms with E-state index >= 15 is 0 Å². The van der Waals surface area contributed by atoms with Crippen LogP contribution < -0.4 is 10.5 Å². The molecule has 17 heavy (non-hydrogen) atoms. The number of hydrogen-bond donors (Lipinski definition) is 1. The molecular formula is C13H15N3O. The third-order valence-corrected chi connectivity index (χ3v) is 2.83. The van der Waals surface area contributed by atoms with Gasteiger partial charge in [0.1, 0.15) is 12.1 Å². The van der Waals surface area contributed by atoms with Gasteiger partial charge in [0.25, 0.3) is 0 Å². The summed E-state index contributed by atoms with van der Waals surface area (Å²) in [6.45, 7) is 1.92. The lowest BCUT2D eigenvalue weighted by atomic mass is 9.87. The van der Waals surface area contributed by atoms with Gasteiger partial charge in [-0.3, -0.25) is 0 Å². The van der Waals surface area contributed by atoms with Gasteiger partial charge in [-0.05, 0) is 13.0 Å². The van der Waals surface area contributed by atoms with Crippen LogP contribution >= 0.6 is 0 Å². The molecule has 0 aliphatic rings. The van der Waals surface area contributed by atoms with Crippen LogP contribution in [0.4, 0.5) is 0 Å². The molecule has 1 aromatic carbocycles. The van der Waals surface area contributed by atoms with Crippen LogP contribution in [0.25, 0.3) is 0 Å². The molecule has 2 rings (SSSR count). The Kier molecular flexibility index (Phi) is 3.06. The first-order valence-electron chi connectivity index (χ1n) is 5.34. The van der Waals surface area contributed by atoms with Crippen molar-refractivity contribution < 1.29 is 4.74 Å². The molecule has 1 atom stereocenters. The number of hydrogen-bond acceptors (Lipinski definition) is 4. The molecule has 0 spiro atoms. The average molecular weight is 229 g/mol. The summed E-state index contributed by atoms with van der Waals surface area (Å²) in [5.74, 6) is 0.765. The number of benzene rings is 1. The van der Waals surface area contributed by atoms with Crippen LogP contribution in [-0.2, 0) is 5.54 Å². The lowest BCUT2D eigenvalue weighted by Gasteiger charge is -2.26. The minimum absolute atomic E-state index is 0.673. The molecule has 0 fully saturated rings. The predicted molar refractivity (Wildman–Crippen MR) is 65.7 cm³/mol. The van der Waals surface area contributed by atoms with Gasteiger partial charge in [-0.25, -0.2) is 9.97 Å². The molecule has 0 amide bonds. The Morgan fingerprint density at radius 2 is 1.82 bits per heavy atom. The minimum Gasteiger partial charge on any atom is -0.496 e. The maximum atomic E-state index is 6.38. The number of aromatic nitrogens is 2. The smallest absolute Gasteiger partial charge is 0.124 e. The molecule has 4 nitrogen and oxygen atoms in total. The molecule has 1 aromatic heterocycles. The molecule has 0 bridgehead atoms. The summed E-state index contributed by atoms with van der Waals surface area (Å²) in [5, 5.41) is 0. The topological polar surface area (TPSA) is 61.0 Å². The van der Waals surface area contributed by atoms with Crippen LogP contribution in [0.1, 0.15) is 18.1 Å². The fourth-order valence-electron chi connectivity index (χ4n) is 1.80. The van der Waals surface area contributed by atoms with Gasteiger partial charge in [-0.15, -0.1) is 0 Å². The molecule has 88 valence electrons. The molecule has 0 aliphatic carbocycles. The summed E-state index contributed by atoms with van der Waals surface area (Å²) < 4.78 is 5.33. The highest BCUT2D eigenvalue weighted by Crippen LogP contribution is 2.32. The van der Waals surface area contributed by atoms with E-state index in [1.807, 2.05) is 31.2 Å². The highest BCUT2D eigenvalue weighted by atomic mass is 16.5. The van der Waals surface area contributed by atoms with E-state index in [9.17, 15) is 0 Å². The maximum Gasteiger partial charge on any atom is 0.124 e. The molecule has 0 saturated heterocycles. The highest BCUT2D eigenvalue weighted by molar-refractivity contribution is 5.44. The largest absolute Gasteiger partial charge is 0.496 e. The van der Waals surface area contributed by atoms with Crippen LogP contribution in [0.5, 0.6) is 5.75 Å². The van der Waals surface area contributed by atoms with Crippen LogP contribution in [-0.4, -0.2) is 17.1 Å². The second kappa shape index (κ2) is 4.51. The Bertz CT molecular complexity index is 497. The van der Waals surface area contributed by atoms with Crippen molar-refractivity contribution in [2.75, 3.05) is 7.11 Å². The van der Waals surface area contributed by atoms with E-state index in [0.717, 1.165) is 16.9 Å². The van der Waals surface area contributed by atoms with Gasteiger partial charge in [0.15, 0.2) is 0 Å². The first kappa shape index (κ1) is 11.5. The molecule has 1 heterocycles. The molecule has 4 heteroatoms. The fraction of sp³-hybridized carbons (Fsp3) is 0.231. The first-order valence-corrected chi connectivity index (χ1v) is 5.34. The van der Waals surface area contributed by atoms with E-state index in [2.05, 4.69) is 9.97 Å². The molecule has 2 aromatic rings. The second-order valence-electron chi connectivity index (χ2n) is 4.03. The van der Waals surface area contributed by atoms with E-state index < -0.39 is 5.54 Å². The van der Waals surface area contributed by atoms with Gasteiger partial charge in [0.2, 0.25) is 0 Å². The standard InChI is InChI=1S/C13H15N3O/c1-13(14,10-7-15-9-16-8-10)11-5-3-4-6-12(11)17-2/h3-9H,14H2,1-2H3. The Labute approximate surface area is 100 Å². The Balaban J connectivity index is 2.51. The van der Waals surface area contributed by atoms with Crippen molar-refractivity contribution in [2.24, 2.45) is 5.73 Å². The van der Waals surface area contributed by atoms with Crippen molar-refractivity contribution in [3.05, 3.63) is 54.1 Å². The molecule has 0 saturated carbocycles. The van der Waals surface area contributed by atoms with E-state index in [1.54, 1.807) is 19.5 Å². The maximum absolute atomic E-state index is 6.38. The summed E-state index contributed by atoms with van der Waals surface area (Å²) in [4.78, 5) is 8.00. The quantitative estimate of drug-likeness (QED) is 0.870. The molecule has 1 unspecified atom stereocenters. The van der Waals surface area contributed by atoms with Crippen LogP contribution in [0.3, 0.4) is 0 Å². The number of methoxy groups -OCH3 is 1. The summed E-state index contributed by atoms with van der Waals surface area (Å²) in [5.41, 5.74) is 7.47. The third kappa shape index (κ3) is 2.12. The molecule has 0 aliphatic heterocycles. The average Bonchev–Trinajstić information content (AvgIpc) is 2.39. The summed E-state index contributed by atoms with van der Waals surface area (Å²) in [6.07, 6.45) is 4.93. The van der Waals surface area contributed by atoms with E-state index in [4.69, 9.17) is 10.5 Å². The lowest BCUT2D eigenvalue weighted by molar-refractivity contribution is 0.398. The molecule has 2 N–H and O–H groups in total. The van der Waals surface area contributed by atoms with Crippen molar-refractivity contribution in [3.8, 4) is 5.75 Å². The van der Waals surface area contributed by atoms with Crippen molar-refractivity contribution in [3.63, 3.8) is 0 Å². The SMILES string of the molecule is COc1ccccc1C(C)(N)c1cncnc1. The van der Waals surface area contributed by atoms with Crippen LogP contribution in [0, 0.1) is 0 Å². The molecule has 0 radical (unpaired) electrons. The zero-order chi connectivity index (χ0) is 12.3. The lowest BCUT2D eigenvalue weighted by Crippen LogP contribution is -2.35. The third-order valence-electron chi connectivity index (χ3n) is 2.83. The predicted octanol–water partition coefficient (Wildman–Crippen LogP) is 1.71. The monoisotopic (exact) mass is 229 g/mol. The van der Waals surface area contributed by atoms with E-state index in [-0.39, 0.29) is 0 Å². The zero-order valence-electron chi connectivity index (χ0n) is 9.92. The Morgan fingerprint density at radius 3 is 2.47 bits per heavy atom. The van der Waals surface area contributed by atoms with Gasteiger partial charge in [0, 0.05) is 23.5 Å². The van der Waals surface area contributed by atoms with Gasteiger partial charge >= 0.3 is 0 Å². The first-order chi connectivity index (χ1) is 8.16. The summed E-state index contributed by atoms with van der Waals surface area (Å²) in [7, 11) is 1.64. The normalized spacial score (nSPS) is 14.1. The number of rotatable bonds is 3. The zero-order valence-corrected chi connectivity index (χ0v) is 9.92. The number of nitrogens with two attached hydrogens (primary N) is 1. The van der Waals surface area contributed by atoms with Crippen molar-refractivity contribution in [1.29, 1.82) is 0 Å². The second-order valence-corrected chi connectivity index (χ2v) is 4.03. The Hall–Kier alpha value is -1.94. The molecular weight excluding hydrogens is 214 g/mol. The van der Waals surface area contributed by atoms with Crippen molar-refractivity contribution in [1.82, 2.24) is 9.97 Å². The highest BCUT2D eigenvalue weighted by Gasteiger charge is 2.27. The van der Waals surface area contributed by atoms with Gasteiger partial charge < -0.3 is 10.5 Å².